The fourth-order valence-electron chi connectivity index (χ4n) is 1.98. The quantitative estimate of drug-likeness (QED) is 0.847. The Bertz CT molecular complexity index is 679. The molecule has 0 atom stereocenters. The second-order valence-corrected chi connectivity index (χ2v) is 4.98. The minimum absolute atomic E-state index is 0.0996. The number of methoxy groups -OCH3 is 1. The maximum Gasteiger partial charge on any atom is 0.356 e. The third-order valence-corrected chi connectivity index (χ3v) is 3.06. The molecule has 0 fully saturated rings. The van der Waals surface area contributed by atoms with Gasteiger partial charge in [-0.05, 0) is 37.6 Å². The number of nitrogens with zero attached hydrogens (tertiary/aromatic N) is 3. The molecule has 7 heteroatoms. The van der Waals surface area contributed by atoms with Crippen LogP contribution in [0.2, 0.25) is 0 Å². The maximum atomic E-state index is 12.2. The number of rotatable bonds is 5. The van der Waals surface area contributed by atoms with E-state index in [1.165, 1.54) is 13.3 Å². The van der Waals surface area contributed by atoms with Crippen molar-refractivity contribution in [3.63, 3.8) is 0 Å². The highest BCUT2D eigenvalue weighted by Gasteiger charge is 2.14. The van der Waals surface area contributed by atoms with Crippen LogP contribution in [0.1, 0.15) is 46.4 Å². The first-order valence-electron chi connectivity index (χ1n) is 6.88. The maximum absolute atomic E-state index is 12.2. The fraction of sp³-hybridized carbons (Fsp3) is 0.333. The summed E-state index contributed by atoms with van der Waals surface area (Å²) in [7, 11) is 1.30. The fourth-order valence-corrected chi connectivity index (χ4v) is 1.98. The molecule has 2 aromatic rings. The summed E-state index contributed by atoms with van der Waals surface area (Å²) in [5, 5.41) is 6.93. The molecule has 116 valence electrons. The van der Waals surface area contributed by atoms with E-state index in [1.54, 1.807) is 29.1 Å². The van der Waals surface area contributed by atoms with Crippen molar-refractivity contribution in [1.29, 1.82) is 0 Å². The molecule has 0 saturated heterocycles. The van der Waals surface area contributed by atoms with Gasteiger partial charge >= 0.3 is 5.97 Å². The lowest BCUT2D eigenvalue weighted by atomic mass is 10.2. The van der Waals surface area contributed by atoms with Crippen LogP contribution in [0.5, 0.6) is 0 Å². The Labute approximate surface area is 128 Å². The number of hydrogen-bond donors (Lipinski definition) is 1. The molecule has 0 spiro atoms. The van der Waals surface area contributed by atoms with Crippen molar-refractivity contribution in [2.75, 3.05) is 7.11 Å². The first-order chi connectivity index (χ1) is 10.5. The first-order valence-corrected chi connectivity index (χ1v) is 6.88. The van der Waals surface area contributed by atoms with Gasteiger partial charge in [-0.1, -0.05) is 0 Å². The molecule has 0 aliphatic carbocycles. The molecule has 2 aromatic heterocycles. The number of esters is 1. The van der Waals surface area contributed by atoms with Gasteiger partial charge in [0.15, 0.2) is 0 Å². The number of nitrogens with one attached hydrogen (secondary N) is 1. The molecule has 0 saturated carbocycles. The third-order valence-electron chi connectivity index (χ3n) is 3.06. The summed E-state index contributed by atoms with van der Waals surface area (Å²) >= 11 is 0. The summed E-state index contributed by atoms with van der Waals surface area (Å²) in [6.45, 7) is 4.19. The molecule has 0 unspecified atom stereocenters. The van der Waals surface area contributed by atoms with Gasteiger partial charge in [0.2, 0.25) is 0 Å². The van der Waals surface area contributed by atoms with E-state index in [9.17, 15) is 9.59 Å². The first kappa shape index (κ1) is 15.7. The SMILES string of the molecule is COC(=O)c1cc(CNC(=O)c2ccnn2C(C)C)ccn1. The van der Waals surface area contributed by atoms with Gasteiger partial charge in [-0.2, -0.15) is 5.10 Å². The predicted molar refractivity (Wildman–Crippen MR) is 79.4 cm³/mol. The number of aromatic nitrogens is 3. The van der Waals surface area contributed by atoms with E-state index in [4.69, 9.17) is 0 Å². The molecule has 0 bridgehead atoms. The Morgan fingerprint density at radius 3 is 2.77 bits per heavy atom. The minimum Gasteiger partial charge on any atom is -0.464 e. The van der Waals surface area contributed by atoms with Crippen LogP contribution in [0.15, 0.2) is 30.6 Å². The van der Waals surface area contributed by atoms with Crippen molar-refractivity contribution in [2.24, 2.45) is 0 Å². The molecular weight excluding hydrogens is 284 g/mol. The lowest BCUT2D eigenvalue weighted by Gasteiger charge is -2.11. The summed E-state index contributed by atoms with van der Waals surface area (Å²) in [5.41, 5.74) is 1.47. The highest BCUT2D eigenvalue weighted by Crippen LogP contribution is 2.08. The molecule has 7 nitrogen and oxygen atoms in total. The molecule has 2 heterocycles. The highest BCUT2D eigenvalue weighted by molar-refractivity contribution is 5.92. The monoisotopic (exact) mass is 302 g/mol. The van der Waals surface area contributed by atoms with Crippen molar-refractivity contribution >= 4 is 11.9 Å². The number of carbonyl (C=O) groups excluding carboxylic acids is 2. The zero-order valence-corrected chi connectivity index (χ0v) is 12.7. The second kappa shape index (κ2) is 6.84. The topological polar surface area (TPSA) is 86.1 Å². The lowest BCUT2D eigenvalue weighted by molar-refractivity contribution is 0.0594. The van der Waals surface area contributed by atoms with Gasteiger partial charge in [0.05, 0.1) is 7.11 Å². The second-order valence-electron chi connectivity index (χ2n) is 4.98. The van der Waals surface area contributed by atoms with Crippen molar-refractivity contribution < 1.29 is 14.3 Å². The van der Waals surface area contributed by atoms with E-state index in [-0.39, 0.29) is 24.2 Å². The van der Waals surface area contributed by atoms with E-state index in [2.05, 4.69) is 20.1 Å². The van der Waals surface area contributed by atoms with Crippen molar-refractivity contribution in [3.8, 4) is 0 Å². The van der Waals surface area contributed by atoms with Gasteiger partial charge in [0.25, 0.3) is 5.91 Å². The number of amides is 1. The zero-order valence-electron chi connectivity index (χ0n) is 12.7. The van der Waals surface area contributed by atoms with E-state index in [1.807, 2.05) is 13.8 Å². The smallest absolute Gasteiger partial charge is 0.356 e. The van der Waals surface area contributed by atoms with E-state index in [0.717, 1.165) is 5.56 Å². The Kier molecular flexibility index (Phi) is 4.88. The molecule has 0 aromatic carbocycles. The number of carbonyl (C=O) groups is 2. The summed E-state index contributed by atoms with van der Waals surface area (Å²) < 4.78 is 6.27. The largest absolute Gasteiger partial charge is 0.464 e. The van der Waals surface area contributed by atoms with Crippen LogP contribution in [0.4, 0.5) is 0 Å². The number of hydrogen-bond acceptors (Lipinski definition) is 5. The van der Waals surface area contributed by atoms with E-state index in [0.29, 0.717) is 5.69 Å². The van der Waals surface area contributed by atoms with Crippen molar-refractivity contribution in [2.45, 2.75) is 26.4 Å². The van der Waals surface area contributed by atoms with Gasteiger partial charge in [0.1, 0.15) is 11.4 Å². The molecule has 1 amide bonds. The van der Waals surface area contributed by atoms with Crippen LogP contribution in [0.25, 0.3) is 0 Å². The van der Waals surface area contributed by atoms with E-state index < -0.39 is 5.97 Å². The molecule has 2 rings (SSSR count). The van der Waals surface area contributed by atoms with Gasteiger partial charge in [-0.3, -0.25) is 9.48 Å². The summed E-state index contributed by atoms with van der Waals surface area (Å²) in [4.78, 5) is 27.5. The standard InChI is InChI=1S/C15H18N4O3/c1-10(2)19-13(5-7-18-19)14(20)17-9-11-4-6-16-12(8-11)15(21)22-3/h4-8,10H,9H2,1-3H3,(H,17,20). The molecule has 0 aliphatic rings. The lowest BCUT2D eigenvalue weighted by Crippen LogP contribution is -2.26. The van der Waals surface area contributed by atoms with Gasteiger partial charge < -0.3 is 10.1 Å². The summed E-state index contributed by atoms with van der Waals surface area (Å²) in [5.74, 6) is -0.728. The van der Waals surface area contributed by atoms with Crippen LogP contribution in [0.3, 0.4) is 0 Å². The average molecular weight is 302 g/mol. The molecule has 0 radical (unpaired) electrons. The number of pyridine rings is 1. The van der Waals surface area contributed by atoms with E-state index >= 15 is 0 Å². The Balaban J connectivity index is 2.05. The predicted octanol–water partition coefficient (Wildman–Crippen LogP) is 1.58. The summed E-state index contributed by atoms with van der Waals surface area (Å²) in [6, 6.07) is 5.09. The van der Waals surface area contributed by atoms with Gasteiger partial charge in [0, 0.05) is 25.0 Å². The van der Waals surface area contributed by atoms with Crippen LogP contribution in [0, 0.1) is 0 Å². The minimum atomic E-state index is -0.508. The Hall–Kier alpha value is -2.70. The van der Waals surface area contributed by atoms with Crippen LogP contribution < -0.4 is 5.32 Å². The Morgan fingerprint density at radius 2 is 2.09 bits per heavy atom. The number of ether oxygens (including phenoxy) is 1. The van der Waals surface area contributed by atoms with Crippen molar-refractivity contribution in [1.82, 2.24) is 20.1 Å². The molecule has 22 heavy (non-hydrogen) atoms. The van der Waals surface area contributed by atoms with Crippen molar-refractivity contribution in [3.05, 3.63) is 47.5 Å². The molecule has 1 N–H and O–H groups in total. The normalized spacial score (nSPS) is 10.5. The van der Waals surface area contributed by atoms with Crippen LogP contribution >= 0.6 is 0 Å². The highest BCUT2D eigenvalue weighted by atomic mass is 16.5. The van der Waals surface area contributed by atoms with Crippen LogP contribution in [-0.2, 0) is 11.3 Å². The van der Waals surface area contributed by atoms with Gasteiger partial charge in [-0.25, -0.2) is 9.78 Å². The third kappa shape index (κ3) is 3.49. The summed E-state index contributed by atoms with van der Waals surface area (Å²) in [6.07, 6.45) is 3.10. The van der Waals surface area contributed by atoms with Crippen LogP contribution in [-0.4, -0.2) is 33.8 Å². The average Bonchev–Trinajstić information content (AvgIpc) is 3.02. The van der Waals surface area contributed by atoms with Gasteiger partial charge in [-0.15, -0.1) is 0 Å². The Morgan fingerprint density at radius 1 is 1.32 bits per heavy atom. The molecular formula is C15H18N4O3. The molecule has 0 aliphatic heterocycles. The zero-order chi connectivity index (χ0) is 16.1.